The van der Waals surface area contributed by atoms with Gasteiger partial charge in [0.25, 0.3) is 0 Å². The van der Waals surface area contributed by atoms with Gasteiger partial charge < -0.3 is 0 Å². The molecule has 0 aliphatic rings. The maximum atomic E-state index is 8.59. The van der Waals surface area contributed by atoms with Gasteiger partial charge in [0.1, 0.15) is 0 Å². The van der Waals surface area contributed by atoms with Crippen molar-refractivity contribution in [1.82, 2.24) is 0 Å². The number of hydrogen-bond donors (Lipinski definition) is 0. The smallest absolute Gasteiger partial charge is 0.0991 e. The van der Waals surface area contributed by atoms with E-state index in [0.717, 1.165) is 16.1 Å². The van der Waals surface area contributed by atoms with Crippen LogP contribution in [0.15, 0.2) is 121 Å². The van der Waals surface area contributed by atoms with Crippen molar-refractivity contribution in [1.29, 1.82) is 5.26 Å². The summed E-state index contributed by atoms with van der Waals surface area (Å²) in [5.74, 6) is 4.90. The van der Waals surface area contributed by atoms with Crippen molar-refractivity contribution in [2.75, 3.05) is 0 Å². The molecule has 1 nitrogen and oxygen atoms in total. The third kappa shape index (κ3) is 19.2. The molecule has 0 radical (unpaired) electrons. The topological polar surface area (TPSA) is 23.8 Å². The fourth-order valence-electron chi connectivity index (χ4n) is 4.96. The van der Waals surface area contributed by atoms with Gasteiger partial charge in [0.15, 0.2) is 0 Å². The average molecular weight is 727 g/mol. The molecular weight excluding hydrogens is 662 g/mol. The van der Waals surface area contributed by atoms with Gasteiger partial charge >= 0.3 is 0 Å². The van der Waals surface area contributed by atoms with Crippen molar-refractivity contribution in [3.8, 4) is 18.4 Å². The third-order valence-corrected chi connectivity index (χ3v) is 8.75. The summed E-state index contributed by atoms with van der Waals surface area (Å²) >= 11 is 5.79. The first kappa shape index (κ1) is 46.5. The van der Waals surface area contributed by atoms with Crippen LogP contribution in [0.25, 0.3) is 0 Å². The molecule has 5 aromatic carbocycles. The van der Waals surface area contributed by atoms with Gasteiger partial charge in [-0.3, -0.25) is 0 Å². The summed E-state index contributed by atoms with van der Waals surface area (Å²) in [6.07, 6.45) is 5.27. The maximum Gasteiger partial charge on any atom is 0.0991 e. The average Bonchev–Trinajstić information content (AvgIpc) is 3.12. The van der Waals surface area contributed by atoms with Crippen LogP contribution in [0, 0.1) is 37.5 Å². The third-order valence-electron chi connectivity index (χ3n) is 8.51. The molecular formula is C51H64ClN. The van der Waals surface area contributed by atoms with Crippen molar-refractivity contribution in [3.05, 3.63) is 176 Å². The van der Waals surface area contributed by atoms with E-state index in [1.54, 1.807) is 0 Å². The molecule has 0 amide bonds. The van der Waals surface area contributed by atoms with Crippen molar-refractivity contribution < 1.29 is 0 Å². The van der Waals surface area contributed by atoms with Crippen LogP contribution in [0.2, 0.25) is 5.02 Å². The van der Waals surface area contributed by atoms with Crippen LogP contribution in [-0.2, 0) is 5.41 Å². The van der Waals surface area contributed by atoms with E-state index < -0.39 is 0 Å². The van der Waals surface area contributed by atoms with Crippen LogP contribution < -0.4 is 0 Å². The zero-order chi connectivity index (χ0) is 40.1. The molecule has 280 valence electrons. The van der Waals surface area contributed by atoms with Crippen LogP contribution in [-0.4, -0.2) is 0 Å². The van der Waals surface area contributed by atoms with Gasteiger partial charge in [-0.15, -0.1) is 6.42 Å². The zero-order valence-corrected chi connectivity index (χ0v) is 35.5. The van der Waals surface area contributed by atoms with Crippen molar-refractivity contribution in [2.45, 2.75) is 119 Å². The van der Waals surface area contributed by atoms with E-state index in [2.05, 4.69) is 169 Å². The first-order valence-electron chi connectivity index (χ1n) is 18.8. The molecule has 0 N–H and O–H groups in total. The summed E-state index contributed by atoms with van der Waals surface area (Å²) < 4.78 is 0. The number of halogens is 1. The highest BCUT2D eigenvalue weighted by Crippen LogP contribution is 2.22. The van der Waals surface area contributed by atoms with Gasteiger partial charge in [0.05, 0.1) is 11.6 Å². The number of benzene rings is 5. The largest absolute Gasteiger partial charge is 0.192 e. The molecule has 0 saturated heterocycles. The van der Waals surface area contributed by atoms with E-state index in [1.165, 1.54) is 38.9 Å². The van der Waals surface area contributed by atoms with Gasteiger partial charge in [-0.25, -0.2) is 0 Å². The molecule has 0 saturated carbocycles. The Morgan fingerprint density at radius 1 is 0.509 bits per heavy atom. The molecule has 0 aliphatic heterocycles. The van der Waals surface area contributed by atoms with Crippen molar-refractivity contribution >= 4 is 11.6 Å². The molecule has 0 aromatic heterocycles. The number of hydrogen-bond acceptors (Lipinski definition) is 1. The lowest BCUT2D eigenvalue weighted by Crippen LogP contribution is -2.10. The van der Waals surface area contributed by atoms with Gasteiger partial charge in [0, 0.05) is 10.6 Å². The molecule has 0 atom stereocenters. The standard InChI is InChI=1S/C11H16.C11H12.C10H11N.C10H14.C9H11Cl/c1-9-6-5-7-10(8-9)11(2,3)4;1-4-10-6-5-7-11(8-10)9(2)3;1-8(2)10-5-3-4-9(6-10)7-11;1-8(2)10-6-4-5-9(3)7-10;1-7(2)8-4-3-5-9(10)6-8/h5-8H,1-4H3;1,5-9H,2-3H3;3-6,8H,1-2H3;4-8H,1-3H3;3-7H,1-2H3. The second-order valence-electron chi connectivity index (χ2n) is 15.7. The summed E-state index contributed by atoms with van der Waals surface area (Å²) in [5.41, 5.74) is 11.4. The summed E-state index contributed by atoms with van der Waals surface area (Å²) in [4.78, 5) is 0. The Kier molecular flexibility index (Phi) is 20.9. The predicted molar refractivity (Wildman–Crippen MR) is 234 cm³/mol. The van der Waals surface area contributed by atoms with Gasteiger partial charge in [-0.2, -0.15) is 5.26 Å². The molecule has 0 bridgehead atoms. The van der Waals surface area contributed by atoms with Gasteiger partial charge in [0.2, 0.25) is 0 Å². The monoisotopic (exact) mass is 725 g/mol. The van der Waals surface area contributed by atoms with E-state index >= 15 is 0 Å². The van der Waals surface area contributed by atoms with E-state index in [9.17, 15) is 0 Å². The Morgan fingerprint density at radius 2 is 0.887 bits per heavy atom. The first-order valence-corrected chi connectivity index (χ1v) is 19.2. The number of nitriles is 1. The Balaban J connectivity index is 0.000000331. The Hall–Kier alpha value is -4.56. The van der Waals surface area contributed by atoms with E-state index in [4.69, 9.17) is 23.3 Å². The Labute approximate surface area is 329 Å². The first-order chi connectivity index (χ1) is 24.9. The fraction of sp³-hybridized carbons (Fsp3) is 0.353. The quantitative estimate of drug-likeness (QED) is 0.169. The SMILES string of the molecule is C#Cc1cccc(C(C)C)c1.CC(C)c1cccc(C#N)c1.CC(C)c1cccc(Cl)c1.Cc1cccc(C(C)(C)C)c1.Cc1cccc(C(C)C)c1. The van der Waals surface area contributed by atoms with E-state index in [1.807, 2.05) is 54.6 Å². The van der Waals surface area contributed by atoms with Crippen LogP contribution in [0.4, 0.5) is 0 Å². The number of rotatable bonds is 4. The minimum Gasteiger partial charge on any atom is -0.192 e. The van der Waals surface area contributed by atoms with Crippen LogP contribution in [0.5, 0.6) is 0 Å². The van der Waals surface area contributed by atoms with Crippen LogP contribution in [0.1, 0.15) is 150 Å². The van der Waals surface area contributed by atoms with E-state index in [0.29, 0.717) is 23.7 Å². The van der Waals surface area contributed by atoms with Crippen LogP contribution >= 0.6 is 11.6 Å². The summed E-state index contributed by atoms with van der Waals surface area (Å²) in [7, 11) is 0. The highest BCUT2D eigenvalue weighted by molar-refractivity contribution is 6.30. The molecule has 0 heterocycles. The highest BCUT2D eigenvalue weighted by atomic mass is 35.5. The normalized spacial score (nSPS) is 10.3. The molecule has 5 rings (SSSR count). The fourth-order valence-corrected chi connectivity index (χ4v) is 5.16. The van der Waals surface area contributed by atoms with Crippen molar-refractivity contribution in [2.24, 2.45) is 0 Å². The number of terminal acetylenes is 1. The molecule has 2 heteroatoms. The summed E-state index contributed by atoms with van der Waals surface area (Å²) in [5, 5.41) is 9.42. The lowest BCUT2D eigenvalue weighted by molar-refractivity contribution is 0.590. The number of nitrogens with zero attached hydrogens (tertiary/aromatic N) is 1. The van der Waals surface area contributed by atoms with Crippen LogP contribution in [0.3, 0.4) is 0 Å². The molecule has 0 spiro atoms. The highest BCUT2D eigenvalue weighted by Gasteiger charge is 2.12. The lowest BCUT2D eigenvalue weighted by Gasteiger charge is -2.19. The van der Waals surface area contributed by atoms with E-state index in [-0.39, 0.29) is 5.41 Å². The predicted octanol–water partition coefficient (Wildman–Crippen LogP) is 15.3. The summed E-state index contributed by atoms with van der Waals surface area (Å²) in [6.45, 7) is 28.3. The Morgan fingerprint density at radius 3 is 1.23 bits per heavy atom. The maximum absolute atomic E-state index is 8.59. The number of aryl methyl sites for hydroxylation is 2. The molecule has 5 aromatic rings. The van der Waals surface area contributed by atoms with Gasteiger partial charge in [-0.05, 0) is 107 Å². The Bertz CT molecular complexity index is 1760. The zero-order valence-electron chi connectivity index (χ0n) is 34.8. The minimum atomic E-state index is 0.284. The lowest BCUT2D eigenvalue weighted by atomic mass is 9.86. The summed E-state index contributed by atoms with van der Waals surface area (Å²) in [6, 6.07) is 43.3. The minimum absolute atomic E-state index is 0.284. The second kappa shape index (κ2) is 23.9. The molecule has 0 unspecified atom stereocenters. The molecule has 53 heavy (non-hydrogen) atoms. The second-order valence-corrected chi connectivity index (χ2v) is 16.2. The molecule has 0 fully saturated rings. The van der Waals surface area contributed by atoms with Crippen molar-refractivity contribution in [3.63, 3.8) is 0 Å². The molecule has 0 aliphatic carbocycles. The van der Waals surface area contributed by atoms with Gasteiger partial charge in [-0.1, -0.05) is 190 Å².